The largest absolute Gasteiger partial charge is 0.450 e. The fourth-order valence-electron chi connectivity index (χ4n) is 3.04. The predicted octanol–water partition coefficient (Wildman–Crippen LogP) is 6.21. The fourth-order valence-corrected chi connectivity index (χ4v) is 4.09. The van der Waals surface area contributed by atoms with E-state index in [4.69, 9.17) is 21.1 Å². The van der Waals surface area contributed by atoms with Crippen molar-refractivity contribution in [2.75, 3.05) is 18.5 Å². The van der Waals surface area contributed by atoms with Crippen LogP contribution in [0, 0.1) is 11.6 Å². The molecule has 11 heteroatoms. The highest BCUT2D eigenvalue weighted by atomic mass is 35.5. The molecular formula is C22H27ClF2N4O3Si. The number of rotatable bonds is 9. The second-order valence-corrected chi connectivity index (χ2v) is 14.7. The Labute approximate surface area is 197 Å². The van der Waals surface area contributed by atoms with Crippen LogP contribution in [-0.4, -0.2) is 36.8 Å². The number of hydrogen-bond donors (Lipinski definition) is 2. The summed E-state index contributed by atoms with van der Waals surface area (Å²) >= 11 is 6.39. The van der Waals surface area contributed by atoms with E-state index in [1.165, 1.54) is 12.3 Å². The quantitative estimate of drug-likeness (QED) is 0.272. The van der Waals surface area contributed by atoms with E-state index in [1.807, 2.05) is 0 Å². The first-order valence-electron chi connectivity index (χ1n) is 10.5. The summed E-state index contributed by atoms with van der Waals surface area (Å²) in [5.41, 5.74) is 0.434. The van der Waals surface area contributed by atoms with Gasteiger partial charge in [-0.15, -0.1) is 0 Å². The number of hydrogen-bond acceptors (Lipinski definition) is 4. The van der Waals surface area contributed by atoms with Gasteiger partial charge in [-0.1, -0.05) is 31.2 Å². The van der Waals surface area contributed by atoms with Crippen LogP contribution in [0.4, 0.5) is 19.3 Å². The lowest BCUT2D eigenvalue weighted by Gasteiger charge is -2.15. The number of benzene rings is 1. The zero-order valence-corrected chi connectivity index (χ0v) is 20.7. The third-order valence-electron chi connectivity index (χ3n) is 4.71. The monoisotopic (exact) mass is 496 g/mol. The van der Waals surface area contributed by atoms with Crippen molar-refractivity contribution < 1.29 is 23.0 Å². The molecule has 0 saturated carbocycles. The van der Waals surface area contributed by atoms with Gasteiger partial charge in [0, 0.05) is 51.4 Å². The molecule has 0 saturated heterocycles. The van der Waals surface area contributed by atoms with Crippen molar-refractivity contribution in [3.63, 3.8) is 0 Å². The van der Waals surface area contributed by atoms with E-state index in [0.717, 1.165) is 18.2 Å². The highest BCUT2D eigenvalue weighted by molar-refractivity contribution is 6.76. The number of aromatic nitrogens is 2. The van der Waals surface area contributed by atoms with Crippen LogP contribution >= 0.6 is 11.6 Å². The smallest absolute Gasteiger partial charge is 0.319 e. The molecule has 0 radical (unpaired) electrons. The first-order valence-corrected chi connectivity index (χ1v) is 14.6. The molecule has 33 heavy (non-hydrogen) atoms. The van der Waals surface area contributed by atoms with E-state index < -0.39 is 31.5 Å². The molecule has 178 valence electrons. The van der Waals surface area contributed by atoms with E-state index in [9.17, 15) is 13.6 Å². The SMILES string of the molecule is CCNC(=O)Nc1cc(F)c(Oc2ccnc3c2c(Cl)cn3COCC[Si](C)(C)C)c(F)c1. The Balaban J connectivity index is 1.82. The molecule has 2 heterocycles. The summed E-state index contributed by atoms with van der Waals surface area (Å²) in [6, 6.07) is 3.88. The minimum atomic E-state index is -1.22. The molecule has 3 rings (SSSR count). The second-order valence-electron chi connectivity index (χ2n) is 8.66. The zero-order valence-electron chi connectivity index (χ0n) is 19.0. The number of urea groups is 1. The average molecular weight is 497 g/mol. The molecule has 0 unspecified atom stereocenters. The third-order valence-corrected chi connectivity index (χ3v) is 6.70. The van der Waals surface area contributed by atoms with Crippen molar-refractivity contribution in [1.82, 2.24) is 14.9 Å². The Kier molecular flexibility index (Phi) is 7.93. The lowest BCUT2D eigenvalue weighted by molar-refractivity contribution is 0.0899. The van der Waals surface area contributed by atoms with Crippen LogP contribution in [0.25, 0.3) is 11.0 Å². The van der Waals surface area contributed by atoms with Crippen LogP contribution in [-0.2, 0) is 11.5 Å². The van der Waals surface area contributed by atoms with E-state index in [2.05, 4.69) is 35.3 Å². The second kappa shape index (κ2) is 10.5. The van der Waals surface area contributed by atoms with Crippen LogP contribution < -0.4 is 15.4 Å². The first kappa shape index (κ1) is 24.9. The molecule has 2 aromatic heterocycles. The Morgan fingerprint density at radius 1 is 1.24 bits per heavy atom. The van der Waals surface area contributed by atoms with Gasteiger partial charge in [-0.3, -0.25) is 0 Å². The minimum Gasteiger partial charge on any atom is -0.450 e. The molecule has 2 N–H and O–H groups in total. The summed E-state index contributed by atoms with van der Waals surface area (Å²) in [6.45, 7) is 9.77. The Morgan fingerprint density at radius 2 is 1.94 bits per heavy atom. The molecule has 0 fully saturated rings. The summed E-state index contributed by atoms with van der Waals surface area (Å²) < 4.78 is 42.3. The number of halogens is 3. The molecule has 0 aliphatic heterocycles. The summed E-state index contributed by atoms with van der Waals surface area (Å²) in [5, 5.41) is 5.57. The number of amides is 2. The topological polar surface area (TPSA) is 77.4 Å². The van der Waals surface area contributed by atoms with Crippen LogP contribution in [0.1, 0.15) is 6.92 Å². The van der Waals surface area contributed by atoms with Gasteiger partial charge >= 0.3 is 6.03 Å². The van der Waals surface area contributed by atoms with E-state index >= 15 is 0 Å². The first-order chi connectivity index (χ1) is 15.6. The van der Waals surface area contributed by atoms with Crippen molar-refractivity contribution >= 4 is 42.4 Å². The van der Waals surface area contributed by atoms with Gasteiger partial charge in [0.2, 0.25) is 0 Å². The molecular weight excluding hydrogens is 470 g/mol. The van der Waals surface area contributed by atoms with Crippen molar-refractivity contribution in [2.24, 2.45) is 0 Å². The molecule has 0 aliphatic carbocycles. The van der Waals surface area contributed by atoms with Crippen molar-refractivity contribution in [1.29, 1.82) is 0 Å². The normalized spacial score (nSPS) is 11.6. The zero-order chi connectivity index (χ0) is 24.2. The summed E-state index contributed by atoms with van der Waals surface area (Å²) in [7, 11) is -1.22. The summed E-state index contributed by atoms with van der Waals surface area (Å²) in [6.07, 6.45) is 3.11. The summed E-state index contributed by atoms with van der Waals surface area (Å²) in [4.78, 5) is 15.9. The Morgan fingerprint density at radius 3 is 2.58 bits per heavy atom. The maximum absolute atomic E-state index is 14.6. The predicted molar refractivity (Wildman–Crippen MR) is 128 cm³/mol. The van der Waals surface area contributed by atoms with Crippen LogP contribution in [0.3, 0.4) is 0 Å². The molecule has 0 spiro atoms. The number of pyridine rings is 1. The highest BCUT2D eigenvalue weighted by Crippen LogP contribution is 2.37. The number of carbonyl (C=O) groups is 1. The van der Waals surface area contributed by atoms with Crippen LogP contribution in [0.5, 0.6) is 11.5 Å². The van der Waals surface area contributed by atoms with E-state index in [-0.39, 0.29) is 18.2 Å². The third kappa shape index (κ3) is 6.43. The van der Waals surface area contributed by atoms with Gasteiger partial charge in [0.25, 0.3) is 0 Å². The van der Waals surface area contributed by atoms with Crippen molar-refractivity contribution in [3.8, 4) is 11.5 Å². The Bertz CT molecular complexity index is 1130. The van der Waals surface area contributed by atoms with Gasteiger partial charge in [0.15, 0.2) is 17.4 Å². The standard InChI is InChI=1S/C22H27ClF2N4O3Si/c1-5-26-22(30)28-14-10-16(24)20(17(25)11-14)32-18-6-7-27-21-19(18)15(23)12-29(21)13-31-8-9-33(2,3)4/h6-7,10-12H,5,8-9,13H2,1-4H3,(H2,26,28,30). The molecule has 0 atom stereocenters. The van der Waals surface area contributed by atoms with Crippen LogP contribution in [0.15, 0.2) is 30.6 Å². The van der Waals surface area contributed by atoms with Gasteiger partial charge in [-0.05, 0) is 19.0 Å². The number of ether oxygens (including phenoxy) is 2. The van der Waals surface area contributed by atoms with Gasteiger partial charge < -0.3 is 24.7 Å². The molecule has 0 aliphatic rings. The number of anilines is 1. The van der Waals surface area contributed by atoms with Gasteiger partial charge in [0.1, 0.15) is 18.1 Å². The maximum atomic E-state index is 14.6. The lowest BCUT2D eigenvalue weighted by Crippen LogP contribution is -2.28. The Hall–Kier alpha value is -2.69. The number of carbonyl (C=O) groups excluding carboxylic acids is 1. The molecule has 3 aromatic rings. The maximum Gasteiger partial charge on any atom is 0.319 e. The van der Waals surface area contributed by atoms with E-state index in [1.54, 1.807) is 17.7 Å². The number of fused-ring (bicyclic) bond motifs is 1. The van der Waals surface area contributed by atoms with Crippen molar-refractivity contribution in [2.45, 2.75) is 39.3 Å². The van der Waals surface area contributed by atoms with E-state index in [0.29, 0.717) is 29.2 Å². The fraction of sp³-hybridized carbons (Fsp3) is 0.364. The van der Waals surface area contributed by atoms with Gasteiger partial charge in [0.05, 0.1) is 10.4 Å². The van der Waals surface area contributed by atoms with Crippen LogP contribution in [0.2, 0.25) is 30.7 Å². The van der Waals surface area contributed by atoms with Gasteiger partial charge in [-0.2, -0.15) is 0 Å². The molecule has 0 bridgehead atoms. The number of nitrogens with one attached hydrogen (secondary N) is 2. The average Bonchev–Trinajstić information content (AvgIpc) is 3.04. The highest BCUT2D eigenvalue weighted by Gasteiger charge is 2.19. The molecule has 2 amide bonds. The molecule has 1 aromatic carbocycles. The minimum absolute atomic E-state index is 0.0390. The number of nitrogens with zero attached hydrogens (tertiary/aromatic N) is 2. The lowest BCUT2D eigenvalue weighted by atomic mass is 10.2. The van der Waals surface area contributed by atoms with Crippen molar-refractivity contribution in [3.05, 3.63) is 47.2 Å². The van der Waals surface area contributed by atoms with Gasteiger partial charge in [-0.25, -0.2) is 18.6 Å². The molecule has 7 nitrogen and oxygen atoms in total. The summed E-state index contributed by atoms with van der Waals surface area (Å²) in [5.74, 6) is -2.42.